The Balaban J connectivity index is 2.57. The molecule has 0 unspecified atom stereocenters. The third kappa shape index (κ3) is 1.77. The van der Waals surface area contributed by atoms with Gasteiger partial charge in [0, 0.05) is 0 Å². The molecular weight excluding hydrogens is 247 g/mol. The summed E-state index contributed by atoms with van der Waals surface area (Å²) in [5, 5.41) is 0. The summed E-state index contributed by atoms with van der Waals surface area (Å²) in [5.41, 5.74) is 4.92. The molecule has 2 heterocycles. The van der Waals surface area contributed by atoms with E-state index in [2.05, 4.69) is 9.97 Å². The Morgan fingerprint density at radius 1 is 1.06 bits per heavy atom. The SMILES string of the molecule is Nc1ccc2[nH]c(C(F)(F)C(F)(F)F)nc2n1. The maximum atomic E-state index is 12.9. The van der Waals surface area contributed by atoms with Crippen LogP contribution in [0.1, 0.15) is 5.82 Å². The van der Waals surface area contributed by atoms with Crippen LogP contribution >= 0.6 is 0 Å². The normalized spacial score (nSPS) is 13.2. The Morgan fingerprint density at radius 3 is 2.29 bits per heavy atom. The van der Waals surface area contributed by atoms with Gasteiger partial charge in [-0.25, -0.2) is 9.97 Å². The molecule has 0 aromatic carbocycles. The zero-order valence-electron chi connectivity index (χ0n) is 8.02. The number of aromatic amines is 1. The predicted molar refractivity (Wildman–Crippen MR) is 48.3 cm³/mol. The molecule has 0 amide bonds. The first-order valence-electron chi connectivity index (χ1n) is 4.29. The Labute approximate surface area is 90.7 Å². The van der Waals surface area contributed by atoms with Crippen molar-refractivity contribution in [3.05, 3.63) is 18.0 Å². The van der Waals surface area contributed by atoms with Gasteiger partial charge in [-0.1, -0.05) is 0 Å². The van der Waals surface area contributed by atoms with Gasteiger partial charge in [0.1, 0.15) is 5.82 Å². The van der Waals surface area contributed by atoms with E-state index in [0.717, 1.165) is 0 Å². The maximum absolute atomic E-state index is 12.9. The number of nitrogens with one attached hydrogen (secondary N) is 1. The standard InChI is InChI=1S/C8H5F5N4/c9-7(10,8(11,12)13)6-15-3-1-2-4(14)16-5(3)17-6/h1-2H,(H3,14,15,16,17). The van der Waals surface area contributed by atoms with Crippen molar-refractivity contribution in [2.45, 2.75) is 12.1 Å². The van der Waals surface area contributed by atoms with E-state index in [4.69, 9.17) is 5.73 Å². The molecule has 92 valence electrons. The Bertz CT molecular complexity index is 559. The number of rotatable bonds is 1. The number of aromatic nitrogens is 3. The molecule has 17 heavy (non-hydrogen) atoms. The molecule has 2 aromatic rings. The lowest BCUT2D eigenvalue weighted by molar-refractivity contribution is -0.292. The highest BCUT2D eigenvalue weighted by molar-refractivity contribution is 5.72. The monoisotopic (exact) mass is 252 g/mol. The molecular formula is C8H5F5N4. The molecule has 4 nitrogen and oxygen atoms in total. The van der Waals surface area contributed by atoms with Crippen LogP contribution in [0.3, 0.4) is 0 Å². The molecule has 0 aliphatic rings. The van der Waals surface area contributed by atoms with E-state index in [1.54, 1.807) is 0 Å². The van der Waals surface area contributed by atoms with E-state index in [1.807, 2.05) is 4.98 Å². The first-order chi connectivity index (χ1) is 7.72. The second-order valence-electron chi connectivity index (χ2n) is 3.26. The highest BCUT2D eigenvalue weighted by Gasteiger charge is 2.61. The summed E-state index contributed by atoms with van der Waals surface area (Å²) in [6, 6.07) is 2.48. The van der Waals surface area contributed by atoms with Gasteiger partial charge in [-0.2, -0.15) is 22.0 Å². The zero-order chi connectivity index (χ0) is 12.8. The smallest absolute Gasteiger partial charge is 0.384 e. The van der Waals surface area contributed by atoms with Gasteiger partial charge in [0.2, 0.25) is 0 Å². The maximum Gasteiger partial charge on any atom is 0.461 e. The van der Waals surface area contributed by atoms with Crippen molar-refractivity contribution in [3.63, 3.8) is 0 Å². The zero-order valence-corrected chi connectivity index (χ0v) is 8.02. The quantitative estimate of drug-likeness (QED) is 0.764. The Hall–Kier alpha value is -1.93. The van der Waals surface area contributed by atoms with Gasteiger partial charge in [0.25, 0.3) is 0 Å². The molecule has 2 rings (SSSR count). The second kappa shape index (κ2) is 3.28. The minimum atomic E-state index is -5.72. The van der Waals surface area contributed by atoms with Gasteiger partial charge < -0.3 is 10.7 Å². The number of nitrogen functional groups attached to an aromatic ring is 1. The number of H-pyrrole nitrogens is 1. The molecule has 0 saturated carbocycles. The molecule has 2 aromatic heterocycles. The van der Waals surface area contributed by atoms with Crippen molar-refractivity contribution in [1.82, 2.24) is 15.0 Å². The topological polar surface area (TPSA) is 67.6 Å². The van der Waals surface area contributed by atoms with E-state index in [-0.39, 0.29) is 17.0 Å². The van der Waals surface area contributed by atoms with Crippen molar-refractivity contribution in [3.8, 4) is 0 Å². The van der Waals surface area contributed by atoms with E-state index >= 15 is 0 Å². The van der Waals surface area contributed by atoms with Gasteiger partial charge in [0.15, 0.2) is 11.5 Å². The summed E-state index contributed by atoms with van der Waals surface area (Å²) in [6.07, 6.45) is -5.72. The molecule has 0 aliphatic carbocycles. The van der Waals surface area contributed by atoms with E-state index < -0.39 is 17.9 Å². The van der Waals surface area contributed by atoms with Crippen LogP contribution in [0.4, 0.5) is 27.8 Å². The Kier molecular flexibility index (Phi) is 2.23. The minimum absolute atomic E-state index is 0.0223. The third-order valence-corrected chi connectivity index (χ3v) is 2.02. The highest BCUT2D eigenvalue weighted by atomic mass is 19.4. The van der Waals surface area contributed by atoms with Gasteiger partial charge >= 0.3 is 12.1 Å². The lowest BCUT2D eigenvalue weighted by Crippen LogP contribution is -2.34. The number of fused-ring (bicyclic) bond motifs is 1. The third-order valence-electron chi connectivity index (χ3n) is 2.02. The number of hydrogen-bond acceptors (Lipinski definition) is 3. The fourth-order valence-corrected chi connectivity index (χ4v) is 1.19. The van der Waals surface area contributed by atoms with E-state index in [1.165, 1.54) is 12.1 Å². The van der Waals surface area contributed by atoms with Gasteiger partial charge in [-0.05, 0) is 12.1 Å². The highest BCUT2D eigenvalue weighted by Crippen LogP contribution is 2.42. The van der Waals surface area contributed by atoms with E-state index in [0.29, 0.717) is 0 Å². The van der Waals surface area contributed by atoms with Crippen LogP contribution in [0.5, 0.6) is 0 Å². The van der Waals surface area contributed by atoms with Crippen LogP contribution < -0.4 is 5.73 Å². The summed E-state index contributed by atoms with van der Waals surface area (Å²) in [7, 11) is 0. The number of halogens is 5. The fraction of sp³-hybridized carbons (Fsp3) is 0.250. The molecule has 0 radical (unpaired) electrons. The number of nitrogens with zero attached hydrogens (tertiary/aromatic N) is 2. The number of alkyl halides is 5. The van der Waals surface area contributed by atoms with Crippen LogP contribution in [0.15, 0.2) is 12.1 Å². The summed E-state index contributed by atoms with van der Waals surface area (Å²) in [5.74, 6) is -6.58. The number of anilines is 1. The fourth-order valence-electron chi connectivity index (χ4n) is 1.19. The molecule has 0 spiro atoms. The average Bonchev–Trinajstić information content (AvgIpc) is 2.58. The molecule has 0 fully saturated rings. The summed E-state index contributed by atoms with van der Waals surface area (Å²) in [6.45, 7) is 0. The van der Waals surface area contributed by atoms with Gasteiger partial charge in [-0.3, -0.25) is 0 Å². The molecule has 0 aliphatic heterocycles. The van der Waals surface area contributed by atoms with E-state index in [9.17, 15) is 22.0 Å². The summed E-state index contributed by atoms with van der Waals surface area (Å²) >= 11 is 0. The molecule has 0 atom stereocenters. The van der Waals surface area contributed by atoms with Crippen molar-refractivity contribution in [2.75, 3.05) is 5.73 Å². The van der Waals surface area contributed by atoms with Crippen molar-refractivity contribution in [1.29, 1.82) is 0 Å². The van der Waals surface area contributed by atoms with Crippen LogP contribution in [-0.4, -0.2) is 21.1 Å². The van der Waals surface area contributed by atoms with Gasteiger partial charge in [-0.15, -0.1) is 0 Å². The molecule has 0 saturated heterocycles. The number of nitrogens with two attached hydrogens (primary N) is 1. The Morgan fingerprint density at radius 2 is 1.71 bits per heavy atom. The molecule has 0 bridgehead atoms. The predicted octanol–water partition coefficient (Wildman–Crippen LogP) is 2.19. The lowest BCUT2D eigenvalue weighted by atomic mass is 10.3. The average molecular weight is 252 g/mol. The van der Waals surface area contributed by atoms with Crippen LogP contribution in [0, 0.1) is 0 Å². The number of pyridine rings is 1. The first kappa shape index (κ1) is 11.6. The van der Waals surface area contributed by atoms with Crippen LogP contribution in [-0.2, 0) is 5.92 Å². The molecule has 3 N–H and O–H groups in total. The summed E-state index contributed by atoms with van der Waals surface area (Å²) in [4.78, 5) is 8.49. The van der Waals surface area contributed by atoms with Crippen molar-refractivity contribution >= 4 is 17.0 Å². The van der Waals surface area contributed by atoms with Gasteiger partial charge in [0.05, 0.1) is 5.52 Å². The van der Waals surface area contributed by atoms with Crippen LogP contribution in [0.25, 0.3) is 11.2 Å². The first-order valence-corrected chi connectivity index (χ1v) is 4.29. The molecule has 9 heteroatoms. The van der Waals surface area contributed by atoms with Crippen LogP contribution in [0.2, 0.25) is 0 Å². The lowest BCUT2D eigenvalue weighted by Gasteiger charge is -2.16. The van der Waals surface area contributed by atoms with Crippen molar-refractivity contribution in [2.24, 2.45) is 0 Å². The minimum Gasteiger partial charge on any atom is -0.384 e. The second-order valence-corrected chi connectivity index (χ2v) is 3.26. The number of hydrogen-bond donors (Lipinski definition) is 2. The number of imidazole rings is 1. The largest absolute Gasteiger partial charge is 0.461 e. The van der Waals surface area contributed by atoms with Crippen molar-refractivity contribution < 1.29 is 22.0 Å². The summed E-state index contributed by atoms with van der Waals surface area (Å²) < 4.78 is 62.1.